The SMILES string of the molecule is CN=C(NCCc1ccccc1OC)NCCc1cc(C)ccc1OC.I. The lowest BCUT2D eigenvalue weighted by Gasteiger charge is -2.14. The van der Waals surface area contributed by atoms with E-state index in [1.54, 1.807) is 21.3 Å². The first-order valence-electron chi connectivity index (χ1n) is 8.88. The van der Waals surface area contributed by atoms with E-state index in [4.69, 9.17) is 9.47 Å². The van der Waals surface area contributed by atoms with Crippen LogP contribution in [0, 0.1) is 6.92 Å². The van der Waals surface area contributed by atoms with Gasteiger partial charge < -0.3 is 20.1 Å². The van der Waals surface area contributed by atoms with Crippen LogP contribution < -0.4 is 20.1 Å². The largest absolute Gasteiger partial charge is 0.496 e. The van der Waals surface area contributed by atoms with E-state index < -0.39 is 0 Å². The number of methoxy groups -OCH3 is 2. The van der Waals surface area contributed by atoms with Gasteiger partial charge in [-0.25, -0.2) is 0 Å². The van der Waals surface area contributed by atoms with Crippen molar-refractivity contribution in [2.75, 3.05) is 34.4 Å². The molecule has 148 valence electrons. The standard InChI is InChI=1S/C21H29N3O2.HI/c1-16-9-10-20(26-4)18(15-16)12-14-24-21(22-2)23-13-11-17-7-5-6-8-19(17)25-3;/h5-10,15H,11-14H2,1-4H3,(H2,22,23,24);1H. The number of aliphatic imine (C=N–C) groups is 1. The number of halogens is 1. The van der Waals surface area contributed by atoms with E-state index in [-0.39, 0.29) is 24.0 Å². The number of benzene rings is 2. The highest BCUT2D eigenvalue weighted by Crippen LogP contribution is 2.20. The predicted molar refractivity (Wildman–Crippen MR) is 123 cm³/mol. The maximum absolute atomic E-state index is 5.43. The molecule has 2 aromatic rings. The Morgan fingerprint density at radius 3 is 2.11 bits per heavy atom. The van der Waals surface area contributed by atoms with E-state index >= 15 is 0 Å². The molecule has 0 saturated carbocycles. The van der Waals surface area contributed by atoms with Crippen molar-refractivity contribution in [2.24, 2.45) is 4.99 Å². The summed E-state index contributed by atoms with van der Waals surface area (Å²) in [5, 5.41) is 6.70. The molecule has 6 heteroatoms. The van der Waals surface area contributed by atoms with Crippen LogP contribution in [0.15, 0.2) is 47.5 Å². The van der Waals surface area contributed by atoms with Gasteiger partial charge in [0.1, 0.15) is 11.5 Å². The Balaban J connectivity index is 0.00000364. The summed E-state index contributed by atoms with van der Waals surface area (Å²) in [6.07, 6.45) is 1.74. The van der Waals surface area contributed by atoms with Crippen LogP contribution in [-0.4, -0.2) is 40.3 Å². The summed E-state index contributed by atoms with van der Waals surface area (Å²) in [5.41, 5.74) is 3.62. The molecule has 0 aliphatic heterocycles. The Hall–Kier alpha value is -1.96. The first kappa shape index (κ1) is 23.1. The highest BCUT2D eigenvalue weighted by atomic mass is 127. The third-order valence-corrected chi connectivity index (χ3v) is 4.23. The Morgan fingerprint density at radius 2 is 1.48 bits per heavy atom. The molecule has 0 atom stereocenters. The molecule has 0 aliphatic rings. The lowest BCUT2D eigenvalue weighted by molar-refractivity contribution is 0.409. The van der Waals surface area contributed by atoms with Gasteiger partial charge >= 0.3 is 0 Å². The van der Waals surface area contributed by atoms with Crippen molar-refractivity contribution in [3.8, 4) is 11.5 Å². The highest BCUT2D eigenvalue weighted by Gasteiger charge is 2.05. The molecule has 0 heterocycles. The zero-order valence-corrected chi connectivity index (χ0v) is 18.9. The van der Waals surface area contributed by atoms with Crippen LogP contribution in [-0.2, 0) is 12.8 Å². The van der Waals surface area contributed by atoms with Gasteiger partial charge in [0.25, 0.3) is 0 Å². The molecule has 0 aromatic heterocycles. The van der Waals surface area contributed by atoms with Gasteiger partial charge in [0.15, 0.2) is 5.96 Å². The third kappa shape index (κ3) is 7.28. The molecule has 2 N–H and O–H groups in total. The van der Waals surface area contributed by atoms with Crippen LogP contribution in [0.25, 0.3) is 0 Å². The number of hydrogen-bond acceptors (Lipinski definition) is 3. The minimum Gasteiger partial charge on any atom is -0.496 e. The minimum atomic E-state index is 0. The predicted octanol–water partition coefficient (Wildman–Crippen LogP) is 3.58. The fraction of sp³-hybridized carbons (Fsp3) is 0.381. The summed E-state index contributed by atoms with van der Waals surface area (Å²) in [4.78, 5) is 4.29. The minimum absolute atomic E-state index is 0. The van der Waals surface area contributed by atoms with Crippen molar-refractivity contribution in [3.63, 3.8) is 0 Å². The van der Waals surface area contributed by atoms with E-state index in [1.807, 2.05) is 24.3 Å². The normalized spacial score (nSPS) is 10.7. The summed E-state index contributed by atoms with van der Waals surface area (Å²) in [5.74, 6) is 2.65. The van der Waals surface area contributed by atoms with Crippen LogP contribution in [0.2, 0.25) is 0 Å². The summed E-state index contributed by atoms with van der Waals surface area (Å²) >= 11 is 0. The molecule has 0 spiro atoms. The van der Waals surface area contributed by atoms with E-state index in [2.05, 4.69) is 40.7 Å². The first-order chi connectivity index (χ1) is 12.7. The Kier molecular flexibility index (Phi) is 10.6. The monoisotopic (exact) mass is 483 g/mol. The van der Waals surface area contributed by atoms with E-state index in [9.17, 15) is 0 Å². The molecule has 0 amide bonds. The molecule has 2 rings (SSSR count). The van der Waals surface area contributed by atoms with Gasteiger partial charge in [-0.3, -0.25) is 4.99 Å². The van der Waals surface area contributed by atoms with Crippen molar-refractivity contribution in [2.45, 2.75) is 19.8 Å². The van der Waals surface area contributed by atoms with Gasteiger partial charge in [0.05, 0.1) is 14.2 Å². The van der Waals surface area contributed by atoms with Crippen LogP contribution in [0.5, 0.6) is 11.5 Å². The van der Waals surface area contributed by atoms with Crippen LogP contribution in [0.3, 0.4) is 0 Å². The van der Waals surface area contributed by atoms with Crippen molar-refractivity contribution in [3.05, 3.63) is 59.2 Å². The number of para-hydroxylation sites is 1. The number of aryl methyl sites for hydroxylation is 1. The maximum atomic E-state index is 5.43. The number of nitrogens with zero attached hydrogens (tertiary/aromatic N) is 1. The Labute approximate surface area is 179 Å². The molecule has 2 aromatic carbocycles. The van der Waals surface area contributed by atoms with E-state index in [0.717, 1.165) is 43.4 Å². The molecule has 5 nitrogen and oxygen atoms in total. The first-order valence-corrected chi connectivity index (χ1v) is 8.88. The van der Waals surface area contributed by atoms with Crippen LogP contribution in [0.4, 0.5) is 0 Å². The zero-order valence-electron chi connectivity index (χ0n) is 16.5. The average Bonchev–Trinajstić information content (AvgIpc) is 2.67. The van der Waals surface area contributed by atoms with Gasteiger partial charge in [-0.2, -0.15) is 0 Å². The summed E-state index contributed by atoms with van der Waals surface area (Å²) in [6, 6.07) is 14.3. The van der Waals surface area contributed by atoms with Crippen LogP contribution >= 0.6 is 24.0 Å². The van der Waals surface area contributed by atoms with Gasteiger partial charge in [-0.15, -0.1) is 24.0 Å². The van der Waals surface area contributed by atoms with Crippen molar-refractivity contribution in [1.82, 2.24) is 10.6 Å². The van der Waals surface area contributed by atoms with Crippen LogP contribution in [0.1, 0.15) is 16.7 Å². The average molecular weight is 483 g/mol. The quantitative estimate of drug-likeness (QED) is 0.343. The smallest absolute Gasteiger partial charge is 0.190 e. The number of guanidine groups is 1. The topological polar surface area (TPSA) is 54.9 Å². The molecule has 27 heavy (non-hydrogen) atoms. The van der Waals surface area contributed by atoms with Gasteiger partial charge in [-0.05, 0) is 43.0 Å². The highest BCUT2D eigenvalue weighted by molar-refractivity contribution is 14.0. The molecule has 0 saturated heterocycles. The third-order valence-electron chi connectivity index (χ3n) is 4.23. The second-order valence-electron chi connectivity index (χ2n) is 6.05. The van der Waals surface area contributed by atoms with Gasteiger partial charge in [-0.1, -0.05) is 35.9 Å². The van der Waals surface area contributed by atoms with E-state index in [1.165, 1.54) is 16.7 Å². The lowest BCUT2D eigenvalue weighted by atomic mass is 10.1. The fourth-order valence-electron chi connectivity index (χ4n) is 2.86. The second kappa shape index (κ2) is 12.4. The van der Waals surface area contributed by atoms with Gasteiger partial charge in [0.2, 0.25) is 0 Å². The molecular weight excluding hydrogens is 453 g/mol. The van der Waals surface area contributed by atoms with Crippen molar-refractivity contribution >= 4 is 29.9 Å². The van der Waals surface area contributed by atoms with Gasteiger partial charge in [0, 0.05) is 20.1 Å². The maximum Gasteiger partial charge on any atom is 0.190 e. The number of nitrogens with one attached hydrogen (secondary N) is 2. The van der Waals surface area contributed by atoms with Crippen molar-refractivity contribution < 1.29 is 9.47 Å². The summed E-state index contributed by atoms with van der Waals surface area (Å²) < 4.78 is 10.8. The second-order valence-corrected chi connectivity index (χ2v) is 6.05. The van der Waals surface area contributed by atoms with Crippen molar-refractivity contribution in [1.29, 1.82) is 0 Å². The number of ether oxygens (including phenoxy) is 2. The molecule has 0 aliphatic carbocycles. The Bertz CT molecular complexity index is 735. The fourth-order valence-corrected chi connectivity index (χ4v) is 2.86. The summed E-state index contributed by atoms with van der Waals surface area (Å²) in [7, 11) is 5.19. The molecule has 0 unspecified atom stereocenters. The number of rotatable bonds is 8. The summed E-state index contributed by atoms with van der Waals surface area (Å²) in [6.45, 7) is 3.66. The van der Waals surface area contributed by atoms with E-state index in [0.29, 0.717) is 0 Å². The lowest BCUT2D eigenvalue weighted by Crippen LogP contribution is -2.39. The number of hydrogen-bond donors (Lipinski definition) is 2. The molecular formula is C21H30IN3O2. The molecule has 0 fully saturated rings. The molecule has 0 bridgehead atoms. The Morgan fingerprint density at radius 1 is 0.889 bits per heavy atom. The zero-order chi connectivity index (χ0) is 18.8. The molecule has 0 radical (unpaired) electrons.